The molecule has 0 aromatic rings. The summed E-state index contributed by atoms with van der Waals surface area (Å²) in [6.07, 6.45) is 4.46. The van der Waals surface area contributed by atoms with Crippen LogP contribution in [0.25, 0.3) is 0 Å². The minimum Gasteiger partial charge on any atom is -0.430 e. The lowest BCUT2D eigenvalue weighted by atomic mass is 9.61. The van der Waals surface area contributed by atoms with Crippen molar-refractivity contribution in [2.45, 2.75) is 20.8 Å². The van der Waals surface area contributed by atoms with Crippen LogP contribution in [0.5, 0.6) is 0 Å². The van der Waals surface area contributed by atoms with Gasteiger partial charge in [-0.15, -0.1) is 0 Å². The molecule has 1 rings (SSSR count). The SMILES string of the molecule is COB1C=CC(C(C)(C)C)C=C1. The highest BCUT2D eigenvalue weighted by atomic mass is 16.4. The molecule has 0 aliphatic carbocycles. The second kappa shape index (κ2) is 3.48. The maximum absolute atomic E-state index is 5.18. The molecule has 0 saturated carbocycles. The van der Waals surface area contributed by atoms with Gasteiger partial charge >= 0.3 is 6.92 Å². The lowest BCUT2D eigenvalue weighted by Crippen LogP contribution is -2.22. The molecule has 1 heterocycles. The fourth-order valence-electron chi connectivity index (χ4n) is 1.32. The first-order valence-electron chi connectivity index (χ1n) is 4.43. The van der Waals surface area contributed by atoms with E-state index >= 15 is 0 Å². The maximum atomic E-state index is 5.18. The normalized spacial score (nSPS) is 18.8. The quantitative estimate of drug-likeness (QED) is 0.541. The van der Waals surface area contributed by atoms with Crippen LogP contribution in [0.3, 0.4) is 0 Å². The molecule has 66 valence electrons. The van der Waals surface area contributed by atoms with Crippen LogP contribution >= 0.6 is 0 Å². The van der Waals surface area contributed by atoms with E-state index in [0.717, 1.165) is 0 Å². The third-order valence-corrected chi connectivity index (χ3v) is 2.29. The Morgan fingerprint density at radius 2 is 1.67 bits per heavy atom. The standard InChI is InChI=1S/C10H17BO/c1-10(2,3)9-5-7-11(12-4)8-6-9/h5-9H,1-4H3. The maximum Gasteiger partial charge on any atom is 0.345 e. The average molecular weight is 164 g/mol. The molecule has 1 aliphatic rings. The highest BCUT2D eigenvalue weighted by Gasteiger charge is 2.23. The van der Waals surface area contributed by atoms with Crippen molar-refractivity contribution in [1.82, 2.24) is 0 Å². The third kappa shape index (κ3) is 2.24. The molecule has 0 bridgehead atoms. The highest BCUT2D eigenvalue weighted by molar-refractivity contribution is 6.63. The van der Waals surface area contributed by atoms with Crippen molar-refractivity contribution in [3.8, 4) is 0 Å². The molecule has 0 atom stereocenters. The Morgan fingerprint density at radius 1 is 1.17 bits per heavy atom. The molecule has 1 aliphatic heterocycles. The molecule has 0 fully saturated rings. The molecule has 0 radical (unpaired) electrons. The number of hydrogen-bond acceptors (Lipinski definition) is 1. The van der Waals surface area contributed by atoms with E-state index in [1.165, 1.54) is 0 Å². The first-order valence-corrected chi connectivity index (χ1v) is 4.43. The molecule has 1 nitrogen and oxygen atoms in total. The molecule has 2 heteroatoms. The van der Waals surface area contributed by atoms with Gasteiger partial charge in [-0.2, -0.15) is 0 Å². The zero-order valence-corrected chi connectivity index (χ0v) is 8.37. The van der Waals surface area contributed by atoms with E-state index < -0.39 is 0 Å². The van der Waals surface area contributed by atoms with Crippen LogP contribution in [-0.2, 0) is 4.65 Å². The van der Waals surface area contributed by atoms with E-state index in [4.69, 9.17) is 4.65 Å². The van der Waals surface area contributed by atoms with E-state index in [1.807, 2.05) is 0 Å². The second-order valence-electron chi connectivity index (χ2n) is 4.36. The van der Waals surface area contributed by atoms with E-state index in [2.05, 4.69) is 44.9 Å². The summed E-state index contributed by atoms with van der Waals surface area (Å²) in [6, 6.07) is 0. The van der Waals surface area contributed by atoms with Gasteiger partial charge in [-0.3, -0.25) is 0 Å². The Kier molecular flexibility index (Phi) is 2.78. The molecule has 0 amide bonds. The Labute approximate surface area is 75.6 Å². The third-order valence-electron chi connectivity index (χ3n) is 2.29. The lowest BCUT2D eigenvalue weighted by Gasteiger charge is -2.27. The highest BCUT2D eigenvalue weighted by Crippen LogP contribution is 2.29. The molecule has 0 aromatic carbocycles. The first-order chi connectivity index (χ1) is 5.54. The number of allylic oxidation sites excluding steroid dienone is 2. The van der Waals surface area contributed by atoms with E-state index in [1.54, 1.807) is 7.11 Å². The smallest absolute Gasteiger partial charge is 0.345 e. The van der Waals surface area contributed by atoms with Gasteiger partial charge in [0.2, 0.25) is 0 Å². The Morgan fingerprint density at radius 3 is 2.00 bits per heavy atom. The van der Waals surface area contributed by atoms with Crippen LogP contribution in [0.2, 0.25) is 0 Å². The van der Waals surface area contributed by atoms with Crippen molar-refractivity contribution in [3.63, 3.8) is 0 Å². The summed E-state index contributed by atoms with van der Waals surface area (Å²) >= 11 is 0. The average Bonchev–Trinajstić information content (AvgIpc) is 2.03. The minimum absolute atomic E-state index is 0.184. The molecular weight excluding hydrogens is 147 g/mol. The van der Waals surface area contributed by atoms with Gasteiger partial charge < -0.3 is 4.65 Å². The topological polar surface area (TPSA) is 9.23 Å². The molecule has 0 spiro atoms. The van der Waals surface area contributed by atoms with Gasteiger partial charge in [0.1, 0.15) is 0 Å². The summed E-state index contributed by atoms with van der Waals surface area (Å²) in [4.78, 5) is 0. The monoisotopic (exact) mass is 164 g/mol. The van der Waals surface area contributed by atoms with Gasteiger partial charge in [0, 0.05) is 7.11 Å². The summed E-state index contributed by atoms with van der Waals surface area (Å²) in [5.41, 5.74) is 0.325. The second-order valence-corrected chi connectivity index (χ2v) is 4.36. The molecule has 12 heavy (non-hydrogen) atoms. The Hall–Kier alpha value is -0.495. The zero-order valence-electron chi connectivity index (χ0n) is 8.37. The van der Waals surface area contributed by atoms with Gasteiger partial charge in [-0.1, -0.05) is 44.9 Å². The first kappa shape index (κ1) is 9.59. The van der Waals surface area contributed by atoms with Gasteiger partial charge in [0.15, 0.2) is 0 Å². The molecule has 0 aromatic heterocycles. The summed E-state index contributed by atoms with van der Waals surface area (Å²) in [5.74, 6) is 4.79. The molecule has 0 N–H and O–H groups in total. The molecule has 0 unspecified atom stereocenters. The number of hydrogen-bond donors (Lipinski definition) is 0. The predicted octanol–water partition coefficient (Wildman–Crippen LogP) is 2.49. The van der Waals surface area contributed by atoms with Crippen molar-refractivity contribution in [3.05, 3.63) is 24.1 Å². The fraction of sp³-hybridized carbons (Fsp3) is 0.600. The summed E-state index contributed by atoms with van der Waals surface area (Å²) in [7, 11) is 1.73. The van der Waals surface area contributed by atoms with Crippen LogP contribution in [0.1, 0.15) is 20.8 Å². The minimum atomic E-state index is 0.184. The molecule has 0 saturated heterocycles. The van der Waals surface area contributed by atoms with Gasteiger partial charge in [-0.25, -0.2) is 0 Å². The molecular formula is C10H17BO. The van der Waals surface area contributed by atoms with Crippen LogP contribution in [-0.4, -0.2) is 14.0 Å². The van der Waals surface area contributed by atoms with E-state index in [-0.39, 0.29) is 6.92 Å². The fourth-order valence-corrected chi connectivity index (χ4v) is 1.32. The summed E-state index contributed by atoms with van der Waals surface area (Å²) in [5, 5.41) is 0. The van der Waals surface area contributed by atoms with Crippen molar-refractivity contribution in [2.75, 3.05) is 7.11 Å². The van der Waals surface area contributed by atoms with E-state index in [9.17, 15) is 0 Å². The van der Waals surface area contributed by atoms with Crippen LogP contribution in [0, 0.1) is 11.3 Å². The number of rotatable bonds is 1. The van der Waals surface area contributed by atoms with Crippen molar-refractivity contribution < 1.29 is 4.65 Å². The Balaban J connectivity index is 2.61. The van der Waals surface area contributed by atoms with Crippen molar-refractivity contribution >= 4 is 6.92 Å². The lowest BCUT2D eigenvalue weighted by molar-refractivity contribution is 0.342. The van der Waals surface area contributed by atoms with E-state index in [0.29, 0.717) is 11.3 Å². The predicted molar refractivity (Wildman–Crippen MR) is 54.0 cm³/mol. The van der Waals surface area contributed by atoms with Crippen LogP contribution in [0.4, 0.5) is 0 Å². The van der Waals surface area contributed by atoms with Crippen LogP contribution in [0.15, 0.2) is 24.1 Å². The summed E-state index contributed by atoms with van der Waals surface area (Å²) < 4.78 is 5.18. The Bertz CT molecular complexity index is 186. The summed E-state index contributed by atoms with van der Waals surface area (Å²) in [6.45, 7) is 6.93. The van der Waals surface area contributed by atoms with Crippen LogP contribution < -0.4 is 0 Å². The van der Waals surface area contributed by atoms with Crippen molar-refractivity contribution in [2.24, 2.45) is 11.3 Å². The van der Waals surface area contributed by atoms with Gasteiger partial charge in [0.25, 0.3) is 0 Å². The largest absolute Gasteiger partial charge is 0.430 e. The zero-order chi connectivity index (χ0) is 9.19. The van der Waals surface area contributed by atoms with Gasteiger partial charge in [0.05, 0.1) is 0 Å². The van der Waals surface area contributed by atoms with Crippen molar-refractivity contribution in [1.29, 1.82) is 0 Å². The van der Waals surface area contributed by atoms with Gasteiger partial charge in [-0.05, 0) is 11.3 Å².